The molecule has 0 bridgehead atoms. The van der Waals surface area contributed by atoms with E-state index in [0.29, 0.717) is 6.54 Å². The number of carbonyl (C=O) groups excluding carboxylic acids is 1. The minimum Gasteiger partial charge on any atom is -0.367 e. The number of ether oxygens (including phenoxy) is 1. The summed E-state index contributed by atoms with van der Waals surface area (Å²) >= 11 is 0. The molecule has 1 aliphatic heterocycles. The van der Waals surface area contributed by atoms with Crippen LogP contribution < -0.4 is 11.5 Å². The minimum atomic E-state index is -0.488. The highest BCUT2D eigenvalue weighted by atomic mass is 35.5. The van der Waals surface area contributed by atoms with Crippen LogP contribution in [-0.2, 0) is 9.53 Å². The van der Waals surface area contributed by atoms with E-state index in [2.05, 4.69) is 4.90 Å². The lowest BCUT2D eigenvalue weighted by Gasteiger charge is -2.36. The molecule has 4 N–H and O–H groups in total. The number of rotatable bonds is 3. The lowest BCUT2D eigenvalue weighted by molar-refractivity contribution is -0.142. The number of nitrogens with two attached hydrogens (primary N) is 2. The standard InChI is InChI=1S/C9H19N3O2.ClH/c1-6(10)3-12-4-7(2)14-8(5-12)9(11)13;/h6-8H,3-5,10H2,1-2H3,(H2,11,13);1H/t6?,7-,8?;/m1./s1. The van der Waals surface area contributed by atoms with Crippen molar-refractivity contribution in [3.63, 3.8) is 0 Å². The molecular formula is C9H20ClN3O2. The van der Waals surface area contributed by atoms with Crippen molar-refractivity contribution in [1.29, 1.82) is 0 Å². The van der Waals surface area contributed by atoms with Gasteiger partial charge in [0, 0.05) is 25.7 Å². The summed E-state index contributed by atoms with van der Waals surface area (Å²) in [4.78, 5) is 13.1. The van der Waals surface area contributed by atoms with Gasteiger partial charge in [-0.2, -0.15) is 0 Å². The van der Waals surface area contributed by atoms with E-state index in [0.717, 1.165) is 13.1 Å². The van der Waals surface area contributed by atoms with E-state index < -0.39 is 12.0 Å². The topological polar surface area (TPSA) is 81.6 Å². The molecule has 5 nitrogen and oxygen atoms in total. The molecule has 1 fully saturated rings. The van der Waals surface area contributed by atoms with Gasteiger partial charge in [-0.25, -0.2) is 0 Å². The second-order valence-corrected chi connectivity index (χ2v) is 4.03. The van der Waals surface area contributed by atoms with Crippen molar-refractivity contribution < 1.29 is 9.53 Å². The molecule has 0 radical (unpaired) electrons. The third-order valence-electron chi connectivity index (χ3n) is 2.20. The molecule has 3 atom stereocenters. The second kappa shape index (κ2) is 6.27. The van der Waals surface area contributed by atoms with Crippen LogP contribution in [0, 0.1) is 0 Å². The number of morpholine rings is 1. The van der Waals surface area contributed by atoms with Crippen molar-refractivity contribution in [2.45, 2.75) is 32.1 Å². The van der Waals surface area contributed by atoms with E-state index in [1.165, 1.54) is 0 Å². The maximum Gasteiger partial charge on any atom is 0.247 e. The van der Waals surface area contributed by atoms with E-state index >= 15 is 0 Å². The van der Waals surface area contributed by atoms with E-state index in [1.54, 1.807) is 0 Å². The number of carbonyl (C=O) groups is 1. The Bertz CT molecular complexity index is 212. The van der Waals surface area contributed by atoms with Crippen molar-refractivity contribution >= 4 is 18.3 Å². The number of halogens is 1. The van der Waals surface area contributed by atoms with E-state index in [9.17, 15) is 4.79 Å². The van der Waals surface area contributed by atoms with Crippen LogP contribution in [0.4, 0.5) is 0 Å². The number of nitrogens with zero attached hydrogens (tertiary/aromatic N) is 1. The quantitative estimate of drug-likeness (QED) is 0.682. The number of hydrogen-bond donors (Lipinski definition) is 2. The van der Waals surface area contributed by atoms with E-state index in [4.69, 9.17) is 16.2 Å². The van der Waals surface area contributed by atoms with Gasteiger partial charge in [-0.05, 0) is 13.8 Å². The molecule has 90 valence electrons. The zero-order valence-electron chi connectivity index (χ0n) is 9.18. The molecule has 0 aromatic heterocycles. The molecule has 1 saturated heterocycles. The van der Waals surface area contributed by atoms with Gasteiger partial charge in [0.05, 0.1) is 6.10 Å². The molecule has 0 saturated carbocycles. The lowest BCUT2D eigenvalue weighted by Crippen LogP contribution is -2.53. The first-order valence-corrected chi connectivity index (χ1v) is 4.91. The fraction of sp³-hybridized carbons (Fsp3) is 0.889. The van der Waals surface area contributed by atoms with Crippen molar-refractivity contribution in [1.82, 2.24) is 4.90 Å². The Morgan fingerprint density at radius 2 is 2.20 bits per heavy atom. The summed E-state index contributed by atoms with van der Waals surface area (Å²) in [5, 5.41) is 0. The number of amides is 1. The Balaban J connectivity index is 0.00000196. The first-order chi connectivity index (χ1) is 6.49. The van der Waals surface area contributed by atoms with Crippen LogP contribution in [0.1, 0.15) is 13.8 Å². The Hall–Kier alpha value is -0.360. The van der Waals surface area contributed by atoms with Crippen molar-refractivity contribution in [3.05, 3.63) is 0 Å². The summed E-state index contributed by atoms with van der Waals surface area (Å²) in [5.74, 6) is -0.397. The summed E-state index contributed by atoms with van der Waals surface area (Å²) in [6, 6.07) is 0.105. The van der Waals surface area contributed by atoms with Crippen LogP contribution in [0.3, 0.4) is 0 Å². The highest BCUT2D eigenvalue weighted by Crippen LogP contribution is 2.10. The summed E-state index contributed by atoms with van der Waals surface area (Å²) in [5.41, 5.74) is 10.9. The van der Waals surface area contributed by atoms with Gasteiger partial charge in [0.2, 0.25) is 5.91 Å². The Labute approximate surface area is 96.5 Å². The molecule has 15 heavy (non-hydrogen) atoms. The van der Waals surface area contributed by atoms with Gasteiger partial charge in [0.15, 0.2) is 0 Å². The summed E-state index contributed by atoms with van der Waals surface area (Å²) in [7, 11) is 0. The fourth-order valence-corrected chi connectivity index (χ4v) is 1.75. The van der Waals surface area contributed by atoms with E-state index in [-0.39, 0.29) is 24.6 Å². The molecular weight excluding hydrogens is 218 g/mol. The van der Waals surface area contributed by atoms with Gasteiger partial charge in [-0.1, -0.05) is 0 Å². The van der Waals surface area contributed by atoms with Crippen LogP contribution in [0.2, 0.25) is 0 Å². The third kappa shape index (κ3) is 4.79. The molecule has 0 aromatic rings. The predicted molar refractivity (Wildman–Crippen MR) is 60.9 cm³/mol. The normalized spacial score (nSPS) is 29.3. The fourth-order valence-electron chi connectivity index (χ4n) is 1.75. The summed E-state index contributed by atoms with van der Waals surface area (Å²) in [6.07, 6.45) is -0.447. The predicted octanol–water partition coefficient (Wildman–Crippen LogP) is -0.670. The average molecular weight is 238 g/mol. The number of primary amides is 1. The largest absolute Gasteiger partial charge is 0.367 e. The monoisotopic (exact) mass is 237 g/mol. The van der Waals surface area contributed by atoms with Crippen LogP contribution in [0.5, 0.6) is 0 Å². The molecule has 1 amide bonds. The van der Waals surface area contributed by atoms with Gasteiger partial charge >= 0.3 is 0 Å². The molecule has 1 heterocycles. The SMILES string of the molecule is CC(N)CN1CC(C(N)=O)O[C@H](C)C1.Cl. The van der Waals surface area contributed by atoms with Gasteiger partial charge in [-0.3, -0.25) is 9.69 Å². The van der Waals surface area contributed by atoms with Crippen LogP contribution in [0.15, 0.2) is 0 Å². The van der Waals surface area contributed by atoms with Gasteiger partial charge < -0.3 is 16.2 Å². The number of hydrogen-bond acceptors (Lipinski definition) is 4. The van der Waals surface area contributed by atoms with Crippen LogP contribution in [0.25, 0.3) is 0 Å². The zero-order valence-corrected chi connectivity index (χ0v) is 10.00. The zero-order chi connectivity index (χ0) is 10.7. The summed E-state index contributed by atoms with van der Waals surface area (Å²) < 4.78 is 5.40. The summed E-state index contributed by atoms with van der Waals surface area (Å²) in [6.45, 7) is 6.02. The third-order valence-corrected chi connectivity index (χ3v) is 2.20. The molecule has 0 aromatic carbocycles. The molecule has 1 aliphatic rings. The first-order valence-electron chi connectivity index (χ1n) is 4.91. The maximum absolute atomic E-state index is 11.0. The van der Waals surface area contributed by atoms with Crippen LogP contribution in [-0.4, -0.2) is 48.7 Å². The maximum atomic E-state index is 11.0. The van der Waals surface area contributed by atoms with Crippen molar-refractivity contribution in [3.8, 4) is 0 Å². The average Bonchev–Trinajstić information content (AvgIpc) is 2.01. The molecule has 0 spiro atoms. The lowest BCUT2D eigenvalue weighted by atomic mass is 10.2. The minimum absolute atomic E-state index is 0. The molecule has 2 unspecified atom stereocenters. The smallest absolute Gasteiger partial charge is 0.247 e. The Kier molecular flexibility index (Phi) is 6.12. The van der Waals surface area contributed by atoms with Gasteiger partial charge in [0.25, 0.3) is 0 Å². The Morgan fingerprint density at radius 3 is 2.67 bits per heavy atom. The second-order valence-electron chi connectivity index (χ2n) is 4.03. The molecule has 0 aliphatic carbocycles. The van der Waals surface area contributed by atoms with Gasteiger partial charge in [-0.15, -0.1) is 12.4 Å². The van der Waals surface area contributed by atoms with Crippen LogP contribution >= 0.6 is 12.4 Å². The van der Waals surface area contributed by atoms with Crippen molar-refractivity contribution in [2.24, 2.45) is 11.5 Å². The Morgan fingerprint density at radius 1 is 1.60 bits per heavy atom. The highest BCUT2D eigenvalue weighted by molar-refractivity contribution is 5.85. The molecule has 1 rings (SSSR count). The highest BCUT2D eigenvalue weighted by Gasteiger charge is 2.28. The van der Waals surface area contributed by atoms with Crippen molar-refractivity contribution in [2.75, 3.05) is 19.6 Å². The van der Waals surface area contributed by atoms with Gasteiger partial charge in [0.1, 0.15) is 6.10 Å². The van der Waals surface area contributed by atoms with E-state index in [1.807, 2.05) is 13.8 Å². The first kappa shape index (κ1) is 14.6. The molecule has 6 heteroatoms.